The Balaban J connectivity index is 0.00000484. The van der Waals surface area contributed by atoms with Gasteiger partial charge in [0.25, 0.3) is 0 Å². The molecule has 5 nitrogen and oxygen atoms in total. The summed E-state index contributed by atoms with van der Waals surface area (Å²) < 4.78 is 26.2. The van der Waals surface area contributed by atoms with Crippen molar-refractivity contribution < 1.29 is 13.6 Å². The molecule has 0 aliphatic heterocycles. The molecule has 0 aromatic heterocycles. The van der Waals surface area contributed by atoms with Crippen molar-refractivity contribution in [2.24, 2.45) is 4.99 Å². The van der Waals surface area contributed by atoms with Gasteiger partial charge in [-0.05, 0) is 31.0 Å². The van der Waals surface area contributed by atoms with Gasteiger partial charge in [0.2, 0.25) is 5.91 Å². The summed E-state index contributed by atoms with van der Waals surface area (Å²) in [5.74, 6) is -0.793. The molecule has 0 fully saturated rings. The molecule has 23 heavy (non-hydrogen) atoms. The lowest BCUT2D eigenvalue weighted by atomic mass is 10.1. The zero-order valence-corrected chi connectivity index (χ0v) is 15.9. The van der Waals surface area contributed by atoms with Gasteiger partial charge >= 0.3 is 0 Å². The van der Waals surface area contributed by atoms with Crippen molar-refractivity contribution in [2.75, 3.05) is 33.7 Å². The van der Waals surface area contributed by atoms with Crippen LogP contribution in [0.15, 0.2) is 23.2 Å². The minimum Gasteiger partial charge on any atom is -0.357 e. The number of benzene rings is 1. The van der Waals surface area contributed by atoms with E-state index < -0.39 is 11.6 Å². The number of carbonyl (C=O) groups is 1. The maximum Gasteiger partial charge on any atom is 0.243 e. The van der Waals surface area contributed by atoms with Gasteiger partial charge in [0.05, 0.1) is 0 Å². The van der Waals surface area contributed by atoms with Gasteiger partial charge < -0.3 is 15.5 Å². The lowest BCUT2D eigenvalue weighted by Gasteiger charge is -2.12. The fraction of sp³-hybridized carbons (Fsp3) is 0.467. The number of amides is 1. The van der Waals surface area contributed by atoms with E-state index in [0.29, 0.717) is 31.0 Å². The molecule has 0 saturated heterocycles. The van der Waals surface area contributed by atoms with Crippen LogP contribution >= 0.6 is 24.0 Å². The highest BCUT2D eigenvalue weighted by atomic mass is 127. The van der Waals surface area contributed by atoms with Crippen molar-refractivity contribution in [1.82, 2.24) is 15.5 Å². The number of nitrogens with one attached hydrogen (secondary N) is 2. The van der Waals surface area contributed by atoms with Crippen LogP contribution in [0.4, 0.5) is 8.78 Å². The predicted octanol–water partition coefficient (Wildman–Crippen LogP) is 1.77. The third-order valence-corrected chi connectivity index (χ3v) is 2.84. The van der Waals surface area contributed by atoms with Crippen LogP contribution in [-0.4, -0.2) is 50.5 Å². The topological polar surface area (TPSA) is 56.7 Å². The smallest absolute Gasteiger partial charge is 0.243 e. The molecule has 0 heterocycles. The number of carbonyl (C=O) groups excluding carboxylic acids is 1. The lowest BCUT2D eigenvalue weighted by Crippen LogP contribution is -2.39. The van der Waals surface area contributed by atoms with E-state index in [1.165, 1.54) is 17.0 Å². The Kier molecular flexibility index (Phi) is 10.4. The molecule has 0 atom stereocenters. The first kappa shape index (κ1) is 21.6. The Bertz CT molecular complexity index is 518. The molecule has 1 amide bonds. The molecule has 130 valence electrons. The molecule has 0 bridgehead atoms. The van der Waals surface area contributed by atoms with Gasteiger partial charge in [0.1, 0.15) is 18.2 Å². The highest BCUT2D eigenvalue weighted by molar-refractivity contribution is 14.0. The molecule has 2 N–H and O–H groups in total. The molecule has 0 radical (unpaired) electrons. The fourth-order valence-corrected chi connectivity index (χ4v) is 1.71. The first-order valence-electron chi connectivity index (χ1n) is 7.09. The van der Waals surface area contributed by atoms with Crippen LogP contribution in [0.2, 0.25) is 0 Å². The van der Waals surface area contributed by atoms with Crippen LogP contribution < -0.4 is 10.6 Å². The second-order valence-corrected chi connectivity index (χ2v) is 4.94. The Labute approximate surface area is 152 Å². The third kappa shape index (κ3) is 8.68. The first-order valence-corrected chi connectivity index (χ1v) is 7.09. The normalized spacial score (nSPS) is 10.7. The van der Waals surface area contributed by atoms with E-state index >= 15 is 0 Å². The number of guanidine groups is 1. The van der Waals surface area contributed by atoms with Crippen LogP contribution in [-0.2, 0) is 11.2 Å². The van der Waals surface area contributed by atoms with E-state index in [-0.39, 0.29) is 36.4 Å². The van der Waals surface area contributed by atoms with Gasteiger partial charge in [0.15, 0.2) is 5.96 Å². The maximum atomic E-state index is 13.1. The highest BCUT2D eigenvalue weighted by Gasteiger charge is 2.05. The third-order valence-electron chi connectivity index (χ3n) is 2.84. The summed E-state index contributed by atoms with van der Waals surface area (Å²) in [5, 5.41) is 6.03. The number of likely N-dealkylation sites (N-methyl/N-ethyl adjacent to an activating group) is 1. The van der Waals surface area contributed by atoms with Gasteiger partial charge in [0, 0.05) is 33.3 Å². The van der Waals surface area contributed by atoms with Crippen molar-refractivity contribution in [3.8, 4) is 0 Å². The molecular weight excluding hydrogens is 417 g/mol. The summed E-state index contributed by atoms with van der Waals surface area (Å²) in [5.41, 5.74) is 0.560. The number of halogens is 3. The zero-order chi connectivity index (χ0) is 16.5. The summed E-state index contributed by atoms with van der Waals surface area (Å²) in [6, 6.07) is 3.43. The lowest BCUT2D eigenvalue weighted by molar-refractivity contribution is -0.127. The van der Waals surface area contributed by atoms with E-state index in [1.807, 2.05) is 6.92 Å². The minimum absolute atomic E-state index is 0. The van der Waals surface area contributed by atoms with Crippen molar-refractivity contribution in [3.05, 3.63) is 35.4 Å². The number of nitrogens with zero attached hydrogens (tertiary/aromatic N) is 2. The maximum absolute atomic E-state index is 13.1. The molecule has 1 rings (SSSR count). The molecule has 0 aliphatic carbocycles. The SMILES string of the molecule is CCNC(=NCC(=O)N(C)C)NCCc1cc(F)cc(F)c1.I. The van der Waals surface area contributed by atoms with Crippen LogP contribution in [0.1, 0.15) is 12.5 Å². The monoisotopic (exact) mass is 440 g/mol. The van der Waals surface area contributed by atoms with E-state index in [4.69, 9.17) is 0 Å². The second kappa shape index (κ2) is 11.1. The fourth-order valence-electron chi connectivity index (χ4n) is 1.71. The zero-order valence-electron chi connectivity index (χ0n) is 13.5. The van der Waals surface area contributed by atoms with Gasteiger partial charge in [-0.15, -0.1) is 24.0 Å². The molecular formula is C15H23F2IN4O. The number of rotatable bonds is 6. The second-order valence-electron chi connectivity index (χ2n) is 4.94. The minimum atomic E-state index is -0.591. The standard InChI is InChI=1S/C15H22F2N4O.HI/c1-4-18-15(20-10-14(22)21(2)3)19-6-5-11-7-12(16)9-13(17)8-11;/h7-9H,4-6,10H2,1-3H3,(H2,18,19,20);1H. The summed E-state index contributed by atoms with van der Waals surface area (Å²) in [6.07, 6.45) is 0.445. The van der Waals surface area contributed by atoms with Gasteiger partial charge in [-0.2, -0.15) is 0 Å². The average Bonchev–Trinajstić information content (AvgIpc) is 2.43. The largest absolute Gasteiger partial charge is 0.357 e. The molecule has 0 aliphatic rings. The number of aliphatic imine (C=N–C) groups is 1. The Morgan fingerprint density at radius 3 is 2.30 bits per heavy atom. The van der Waals surface area contributed by atoms with Crippen molar-refractivity contribution in [3.63, 3.8) is 0 Å². The summed E-state index contributed by atoms with van der Waals surface area (Å²) >= 11 is 0. The predicted molar refractivity (Wildman–Crippen MR) is 98.2 cm³/mol. The van der Waals surface area contributed by atoms with Crippen molar-refractivity contribution in [2.45, 2.75) is 13.3 Å². The van der Waals surface area contributed by atoms with Gasteiger partial charge in [-0.3, -0.25) is 4.79 Å². The quantitative estimate of drug-likeness (QED) is 0.403. The Hall–Kier alpha value is -1.45. The molecule has 1 aromatic carbocycles. The van der Waals surface area contributed by atoms with Crippen molar-refractivity contribution in [1.29, 1.82) is 0 Å². The van der Waals surface area contributed by atoms with Gasteiger partial charge in [-0.25, -0.2) is 13.8 Å². The van der Waals surface area contributed by atoms with E-state index in [2.05, 4.69) is 15.6 Å². The Morgan fingerprint density at radius 2 is 1.78 bits per heavy atom. The van der Waals surface area contributed by atoms with E-state index in [1.54, 1.807) is 14.1 Å². The van der Waals surface area contributed by atoms with E-state index in [0.717, 1.165) is 6.07 Å². The number of hydrogen-bond donors (Lipinski definition) is 2. The van der Waals surface area contributed by atoms with Crippen LogP contribution in [0.5, 0.6) is 0 Å². The highest BCUT2D eigenvalue weighted by Crippen LogP contribution is 2.07. The van der Waals surface area contributed by atoms with Crippen LogP contribution in [0.25, 0.3) is 0 Å². The average molecular weight is 440 g/mol. The van der Waals surface area contributed by atoms with Crippen LogP contribution in [0.3, 0.4) is 0 Å². The molecule has 1 aromatic rings. The summed E-state index contributed by atoms with van der Waals surface area (Å²) in [4.78, 5) is 17.1. The van der Waals surface area contributed by atoms with Crippen LogP contribution in [0, 0.1) is 11.6 Å². The first-order chi connectivity index (χ1) is 10.4. The van der Waals surface area contributed by atoms with Gasteiger partial charge in [-0.1, -0.05) is 0 Å². The number of hydrogen-bond acceptors (Lipinski definition) is 2. The molecule has 0 unspecified atom stereocenters. The molecule has 0 saturated carbocycles. The van der Waals surface area contributed by atoms with E-state index in [9.17, 15) is 13.6 Å². The molecule has 0 spiro atoms. The summed E-state index contributed by atoms with van der Waals surface area (Å²) in [7, 11) is 3.33. The molecule has 8 heteroatoms. The van der Waals surface area contributed by atoms with Crippen molar-refractivity contribution >= 4 is 35.8 Å². The summed E-state index contributed by atoms with van der Waals surface area (Å²) in [6.45, 7) is 3.05. The Morgan fingerprint density at radius 1 is 1.17 bits per heavy atom.